The number of phosphoric ester groups is 2. The molecule has 0 aliphatic rings. The number of rotatable bonds is 80. The van der Waals surface area contributed by atoms with Gasteiger partial charge in [0.1, 0.15) is 19.3 Å². The number of aliphatic hydroxyl groups is 1. The summed E-state index contributed by atoms with van der Waals surface area (Å²) in [6, 6.07) is 0. The molecule has 0 rings (SSSR count). The molecule has 0 saturated carbocycles. The van der Waals surface area contributed by atoms with E-state index in [2.05, 4.69) is 41.5 Å². The van der Waals surface area contributed by atoms with Gasteiger partial charge < -0.3 is 33.8 Å². The maximum absolute atomic E-state index is 13.1. The zero-order valence-corrected chi connectivity index (χ0v) is 67.3. The van der Waals surface area contributed by atoms with Gasteiger partial charge in [0, 0.05) is 25.7 Å². The third-order valence-corrected chi connectivity index (χ3v) is 20.9. The molecule has 17 nitrogen and oxygen atoms in total. The van der Waals surface area contributed by atoms with Crippen molar-refractivity contribution >= 4 is 39.5 Å². The molecule has 19 heteroatoms. The average molecular weight is 1470 g/mol. The van der Waals surface area contributed by atoms with Crippen LogP contribution >= 0.6 is 15.6 Å². The Balaban J connectivity index is 5.18. The van der Waals surface area contributed by atoms with Crippen molar-refractivity contribution < 1.29 is 80.2 Å². The summed E-state index contributed by atoms with van der Waals surface area (Å²) in [5.41, 5.74) is 0. The highest BCUT2D eigenvalue weighted by molar-refractivity contribution is 7.47. The quantitative estimate of drug-likeness (QED) is 0.0222. The number of aliphatic hydroxyl groups excluding tert-OH is 1. The second kappa shape index (κ2) is 72.6. The lowest BCUT2D eigenvalue weighted by molar-refractivity contribution is -0.161. The van der Waals surface area contributed by atoms with Crippen LogP contribution in [0.2, 0.25) is 0 Å². The predicted octanol–water partition coefficient (Wildman–Crippen LogP) is 24.3. The first-order chi connectivity index (χ1) is 48.4. The molecule has 0 radical (unpaired) electrons. The summed E-state index contributed by atoms with van der Waals surface area (Å²) >= 11 is 0. The number of unbranched alkanes of at least 4 members (excludes halogenated alkanes) is 50. The van der Waals surface area contributed by atoms with Crippen molar-refractivity contribution in [2.45, 2.75) is 445 Å². The molecule has 0 heterocycles. The van der Waals surface area contributed by atoms with Crippen LogP contribution < -0.4 is 0 Å². The number of carbonyl (C=O) groups excluding carboxylic acids is 4. The molecule has 0 aliphatic heterocycles. The van der Waals surface area contributed by atoms with Gasteiger partial charge in [-0.15, -0.1) is 0 Å². The summed E-state index contributed by atoms with van der Waals surface area (Å²) in [7, 11) is -9.92. The maximum Gasteiger partial charge on any atom is 0.472 e. The lowest BCUT2D eigenvalue weighted by Crippen LogP contribution is -2.30. The minimum Gasteiger partial charge on any atom is -0.462 e. The molecule has 0 aromatic heterocycles. The second-order valence-electron chi connectivity index (χ2n) is 30.1. The molecular formula is C81H158O17P2. The molecule has 0 amide bonds. The molecule has 3 N–H and O–H groups in total. The van der Waals surface area contributed by atoms with Gasteiger partial charge in [-0.1, -0.05) is 375 Å². The normalized spacial score (nSPS) is 13.9. The van der Waals surface area contributed by atoms with E-state index in [4.69, 9.17) is 37.0 Å². The summed E-state index contributed by atoms with van der Waals surface area (Å²) < 4.78 is 68.6. The third kappa shape index (κ3) is 74.3. The predicted molar refractivity (Wildman–Crippen MR) is 409 cm³/mol. The van der Waals surface area contributed by atoms with Crippen molar-refractivity contribution in [3.63, 3.8) is 0 Å². The van der Waals surface area contributed by atoms with Crippen LogP contribution in [-0.4, -0.2) is 96.7 Å². The molecular weight excluding hydrogens is 1310 g/mol. The van der Waals surface area contributed by atoms with E-state index in [0.717, 1.165) is 96.3 Å². The number of ether oxygens (including phenoxy) is 4. The van der Waals surface area contributed by atoms with Crippen LogP contribution in [-0.2, 0) is 65.4 Å². The van der Waals surface area contributed by atoms with Crippen molar-refractivity contribution in [2.24, 2.45) is 11.8 Å². The van der Waals surface area contributed by atoms with E-state index in [1.165, 1.54) is 238 Å². The SMILES string of the molecule is CCCCCCCCCCCCCCCCCCCCCCCCC(=O)O[C@H](COC(=O)CCCCCCCCCCCCCCCCCCCC)COP(=O)(O)OC[C@@H](O)COP(=O)(O)OC[C@@H](COC(=O)CCCCCCCCCC(C)C)OC(=O)CCCCCCCCCC(C)C. The number of esters is 4. The van der Waals surface area contributed by atoms with Crippen LogP contribution in [0.1, 0.15) is 427 Å². The van der Waals surface area contributed by atoms with Gasteiger partial charge in [0.2, 0.25) is 0 Å². The smallest absolute Gasteiger partial charge is 0.462 e. The van der Waals surface area contributed by atoms with Gasteiger partial charge in [0.15, 0.2) is 12.2 Å². The Hall–Kier alpha value is -1.94. The molecule has 0 fully saturated rings. The van der Waals surface area contributed by atoms with Gasteiger partial charge >= 0.3 is 39.5 Å². The molecule has 0 spiro atoms. The Labute approximate surface area is 613 Å². The summed E-state index contributed by atoms with van der Waals surface area (Å²) in [4.78, 5) is 72.9. The number of hydrogen-bond donors (Lipinski definition) is 3. The van der Waals surface area contributed by atoms with E-state index in [1.807, 2.05) is 0 Å². The summed E-state index contributed by atoms with van der Waals surface area (Å²) in [6.45, 7) is 9.50. The fraction of sp³-hybridized carbons (Fsp3) is 0.951. The molecule has 2 unspecified atom stereocenters. The Morgan fingerprint density at radius 1 is 0.270 bits per heavy atom. The fourth-order valence-corrected chi connectivity index (χ4v) is 14.1. The van der Waals surface area contributed by atoms with E-state index >= 15 is 0 Å². The van der Waals surface area contributed by atoms with Gasteiger partial charge in [-0.3, -0.25) is 37.3 Å². The van der Waals surface area contributed by atoms with E-state index in [1.54, 1.807) is 0 Å². The van der Waals surface area contributed by atoms with Crippen LogP contribution in [0.15, 0.2) is 0 Å². The molecule has 0 aromatic rings. The molecule has 594 valence electrons. The highest BCUT2D eigenvalue weighted by Crippen LogP contribution is 2.45. The third-order valence-electron chi connectivity index (χ3n) is 19.0. The summed E-state index contributed by atoms with van der Waals surface area (Å²) in [5.74, 6) is -0.714. The second-order valence-corrected chi connectivity index (χ2v) is 33.0. The highest BCUT2D eigenvalue weighted by Gasteiger charge is 2.30. The lowest BCUT2D eigenvalue weighted by atomic mass is 10.0. The number of hydrogen-bond acceptors (Lipinski definition) is 15. The minimum atomic E-state index is -4.96. The lowest BCUT2D eigenvalue weighted by Gasteiger charge is -2.21. The Kier molecular flexibility index (Phi) is 71.2. The summed E-state index contributed by atoms with van der Waals surface area (Å²) in [5, 5.41) is 10.6. The molecule has 5 atom stereocenters. The van der Waals surface area contributed by atoms with Crippen LogP contribution in [0.25, 0.3) is 0 Å². The first kappa shape index (κ1) is 98.1. The number of carbonyl (C=O) groups is 4. The average Bonchev–Trinajstić information content (AvgIpc) is 0.959. The van der Waals surface area contributed by atoms with Crippen molar-refractivity contribution in [1.82, 2.24) is 0 Å². The van der Waals surface area contributed by atoms with Crippen LogP contribution in [0.3, 0.4) is 0 Å². The van der Waals surface area contributed by atoms with E-state index in [0.29, 0.717) is 37.5 Å². The van der Waals surface area contributed by atoms with E-state index in [-0.39, 0.29) is 25.7 Å². The van der Waals surface area contributed by atoms with Gasteiger partial charge in [-0.2, -0.15) is 0 Å². The van der Waals surface area contributed by atoms with Crippen molar-refractivity contribution in [3.05, 3.63) is 0 Å². The van der Waals surface area contributed by atoms with Gasteiger partial charge in [-0.05, 0) is 37.5 Å². The first-order valence-corrected chi connectivity index (χ1v) is 45.0. The molecule has 0 bridgehead atoms. The molecule has 0 aliphatic carbocycles. The van der Waals surface area contributed by atoms with Crippen molar-refractivity contribution in [1.29, 1.82) is 0 Å². The molecule has 0 aromatic carbocycles. The Morgan fingerprint density at radius 3 is 0.680 bits per heavy atom. The molecule has 100 heavy (non-hydrogen) atoms. The number of phosphoric acid groups is 2. The topological polar surface area (TPSA) is 237 Å². The standard InChI is InChI=1S/C81H158O17P2/c1-7-9-11-13-15-17-19-21-23-25-27-28-29-30-32-34-36-38-40-46-53-59-65-80(85)97-76(69-91-78(83)63-57-51-45-39-37-35-33-31-26-24-22-20-18-16-14-12-10-8-2)71-95-99(87,88)93-67-75(82)68-94-100(89,90)96-72-77(98-81(86)66-60-54-48-42-44-50-56-62-74(5)6)70-92-79(84)64-58-52-47-41-43-49-55-61-73(3)4/h73-77,82H,7-72H2,1-6H3,(H,87,88)(H,89,90)/t75-,76-,77-/m1/s1. The summed E-state index contributed by atoms with van der Waals surface area (Å²) in [6.07, 6.45) is 62.9. The maximum atomic E-state index is 13.1. The molecule has 0 saturated heterocycles. The Bertz CT molecular complexity index is 1920. The van der Waals surface area contributed by atoms with Crippen molar-refractivity contribution in [2.75, 3.05) is 39.6 Å². The van der Waals surface area contributed by atoms with Crippen LogP contribution in [0.5, 0.6) is 0 Å². The van der Waals surface area contributed by atoms with Crippen LogP contribution in [0, 0.1) is 11.8 Å². The van der Waals surface area contributed by atoms with E-state index < -0.39 is 97.5 Å². The van der Waals surface area contributed by atoms with Gasteiger partial charge in [-0.25, -0.2) is 9.13 Å². The monoisotopic (exact) mass is 1470 g/mol. The van der Waals surface area contributed by atoms with Crippen LogP contribution in [0.4, 0.5) is 0 Å². The van der Waals surface area contributed by atoms with Crippen molar-refractivity contribution in [3.8, 4) is 0 Å². The Morgan fingerprint density at radius 2 is 0.460 bits per heavy atom. The fourth-order valence-electron chi connectivity index (χ4n) is 12.5. The largest absolute Gasteiger partial charge is 0.472 e. The minimum absolute atomic E-state index is 0.103. The zero-order chi connectivity index (χ0) is 73.5. The van der Waals surface area contributed by atoms with Gasteiger partial charge in [0.05, 0.1) is 26.4 Å². The zero-order valence-electron chi connectivity index (χ0n) is 65.5. The highest BCUT2D eigenvalue weighted by atomic mass is 31.2. The first-order valence-electron chi connectivity index (χ1n) is 42.0. The van der Waals surface area contributed by atoms with E-state index in [9.17, 15) is 43.2 Å². The van der Waals surface area contributed by atoms with Gasteiger partial charge in [0.25, 0.3) is 0 Å².